The van der Waals surface area contributed by atoms with Crippen LogP contribution in [0.15, 0.2) is 36.4 Å². The first-order valence-corrected chi connectivity index (χ1v) is 7.79. The predicted octanol–water partition coefficient (Wildman–Crippen LogP) is 2.49. The van der Waals surface area contributed by atoms with E-state index >= 15 is 0 Å². The van der Waals surface area contributed by atoms with Crippen molar-refractivity contribution in [3.63, 3.8) is 0 Å². The molecule has 0 radical (unpaired) electrons. The Hall–Kier alpha value is -2.44. The van der Waals surface area contributed by atoms with E-state index in [0.29, 0.717) is 28.0 Å². The number of amides is 1. The smallest absolute Gasteiger partial charge is 0.247 e. The summed E-state index contributed by atoms with van der Waals surface area (Å²) < 4.78 is 15.9. The molecule has 0 saturated carbocycles. The number of carbonyl (C=O) groups excluding carboxylic acids is 1. The summed E-state index contributed by atoms with van der Waals surface area (Å²) in [6.45, 7) is 0.201. The first-order valence-electron chi connectivity index (χ1n) is 7.42. The van der Waals surface area contributed by atoms with Crippen molar-refractivity contribution in [1.82, 2.24) is 0 Å². The maximum Gasteiger partial charge on any atom is 0.247 e. The molecule has 2 aliphatic rings. The zero-order chi connectivity index (χ0) is 16.8. The van der Waals surface area contributed by atoms with Gasteiger partial charge < -0.3 is 24.8 Å². The van der Waals surface area contributed by atoms with Crippen molar-refractivity contribution in [2.75, 3.05) is 18.8 Å². The number of methoxy groups -OCH3 is 1. The maximum absolute atomic E-state index is 12.3. The summed E-state index contributed by atoms with van der Waals surface area (Å²) in [5.41, 5.74) is 7.61. The Bertz CT molecular complexity index is 826. The number of ether oxygens (including phenoxy) is 3. The van der Waals surface area contributed by atoms with E-state index < -0.39 is 6.04 Å². The number of anilines is 1. The SMILES string of the molecule is COc1ccc(N2C(=O)[C@H](N)[C@H]2c2ccc3c(c2)OCO3)cc1Cl. The summed E-state index contributed by atoms with van der Waals surface area (Å²) in [5.74, 6) is 1.75. The maximum atomic E-state index is 12.3. The van der Waals surface area contributed by atoms with Crippen LogP contribution in [0.3, 0.4) is 0 Å². The van der Waals surface area contributed by atoms with Gasteiger partial charge in [0.05, 0.1) is 18.2 Å². The molecule has 1 saturated heterocycles. The summed E-state index contributed by atoms with van der Waals surface area (Å²) in [6, 6.07) is 9.90. The summed E-state index contributed by atoms with van der Waals surface area (Å²) in [7, 11) is 1.54. The van der Waals surface area contributed by atoms with Gasteiger partial charge in [-0.1, -0.05) is 17.7 Å². The highest BCUT2D eigenvalue weighted by molar-refractivity contribution is 6.32. The number of carbonyl (C=O) groups is 1. The molecular formula is C17H15ClN2O4. The molecule has 2 N–H and O–H groups in total. The van der Waals surface area contributed by atoms with Gasteiger partial charge in [-0.2, -0.15) is 0 Å². The Labute approximate surface area is 143 Å². The van der Waals surface area contributed by atoms with Crippen LogP contribution in [0, 0.1) is 0 Å². The van der Waals surface area contributed by atoms with Crippen LogP contribution in [-0.4, -0.2) is 25.9 Å². The monoisotopic (exact) mass is 346 g/mol. The van der Waals surface area contributed by atoms with Gasteiger partial charge in [-0.15, -0.1) is 0 Å². The fourth-order valence-electron chi connectivity index (χ4n) is 3.06. The zero-order valence-electron chi connectivity index (χ0n) is 12.9. The first-order chi connectivity index (χ1) is 11.6. The Morgan fingerprint density at radius 2 is 2.00 bits per heavy atom. The molecule has 2 aromatic carbocycles. The molecule has 124 valence electrons. The molecule has 6 nitrogen and oxygen atoms in total. The highest BCUT2D eigenvalue weighted by atomic mass is 35.5. The van der Waals surface area contributed by atoms with Gasteiger partial charge in [-0.05, 0) is 35.9 Å². The summed E-state index contributed by atoms with van der Waals surface area (Å²) in [6.07, 6.45) is 0. The van der Waals surface area contributed by atoms with Crippen molar-refractivity contribution in [3.8, 4) is 17.2 Å². The Kier molecular flexibility index (Phi) is 3.51. The van der Waals surface area contributed by atoms with Gasteiger partial charge in [-0.25, -0.2) is 0 Å². The van der Waals surface area contributed by atoms with Crippen molar-refractivity contribution in [3.05, 3.63) is 47.0 Å². The van der Waals surface area contributed by atoms with Crippen LogP contribution in [0.5, 0.6) is 17.2 Å². The van der Waals surface area contributed by atoms with Gasteiger partial charge in [0.15, 0.2) is 11.5 Å². The van der Waals surface area contributed by atoms with E-state index in [4.69, 9.17) is 31.5 Å². The number of hydrogen-bond acceptors (Lipinski definition) is 5. The topological polar surface area (TPSA) is 74.0 Å². The molecule has 2 heterocycles. The van der Waals surface area contributed by atoms with Gasteiger partial charge in [0.1, 0.15) is 11.8 Å². The minimum absolute atomic E-state index is 0.154. The highest BCUT2D eigenvalue weighted by Crippen LogP contribution is 2.43. The lowest BCUT2D eigenvalue weighted by Crippen LogP contribution is -2.63. The first kappa shape index (κ1) is 15.1. The van der Waals surface area contributed by atoms with Crippen molar-refractivity contribution < 1.29 is 19.0 Å². The number of nitrogens with zero attached hydrogens (tertiary/aromatic N) is 1. The third-order valence-corrected chi connectivity index (χ3v) is 4.59. The number of rotatable bonds is 3. The van der Waals surface area contributed by atoms with Gasteiger partial charge in [0, 0.05) is 5.69 Å². The molecule has 0 bridgehead atoms. The third-order valence-electron chi connectivity index (χ3n) is 4.29. The number of fused-ring (bicyclic) bond motifs is 1. The Morgan fingerprint density at radius 1 is 1.21 bits per heavy atom. The van der Waals surface area contributed by atoms with Crippen molar-refractivity contribution >= 4 is 23.2 Å². The molecule has 24 heavy (non-hydrogen) atoms. The molecule has 2 aliphatic heterocycles. The minimum Gasteiger partial charge on any atom is -0.495 e. The van der Waals surface area contributed by atoms with Crippen LogP contribution in [0.2, 0.25) is 5.02 Å². The largest absolute Gasteiger partial charge is 0.495 e. The second-order valence-electron chi connectivity index (χ2n) is 5.61. The number of β-lactam (4-membered cyclic amide) rings is 1. The minimum atomic E-state index is -0.605. The molecule has 0 spiro atoms. The van der Waals surface area contributed by atoms with Crippen molar-refractivity contribution in [1.29, 1.82) is 0 Å². The second-order valence-corrected chi connectivity index (χ2v) is 6.02. The summed E-state index contributed by atoms with van der Waals surface area (Å²) in [5, 5.41) is 0.438. The third kappa shape index (κ3) is 2.18. The molecule has 0 aromatic heterocycles. The molecule has 2 aromatic rings. The van der Waals surface area contributed by atoms with E-state index in [9.17, 15) is 4.79 Å². The summed E-state index contributed by atoms with van der Waals surface area (Å²) in [4.78, 5) is 13.9. The number of benzene rings is 2. The van der Waals surface area contributed by atoms with E-state index in [2.05, 4.69) is 0 Å². The number of halogens is 1. The molecule has 0 unspecified atom stereocenters. The van der Waals surface area contributed by atoms with E-state index in [1.54, 1.807) is 30.2 Å². The van der Waals surface area contributed by atoms with E-state index in [1.807, 2.05) is 18.2 Å². The van der Waals surface area contributed by atoms with Gasteiger partial charge in [0.25, 0.3) is 0 Å². The molecule has 7 heteroatoms. The van der Waals surface area contributed by atoms with Crippen molar-refractivity contribution in [2.45, 2.75) is 12.1 Å². The average Bonchev–Trinajstić information content (AvgIpc) is 3.06. The number of nitrogens with two attached hydrogens (primary N) is 1. The normalized spacial score (nSPS) is 21.6. The Balaban J connectivity index is 1.70. The van der Waals surface area contributed by atoms with Crippen LogP contribution in [-0.2, 0) is 4.79 Å². The van der Waals surface area contributed by atoms with Crippen LogP contribution >= 0.6 is 11.6 Å². The fraction of sp³-hybridized carbons (Fsp3) is 0.235. The Morgan fingerprint density at radius 3 is 2.75 bits per heavy atom. The van der Waals surface area contributed by atoms with Gasteiger partial charge >= 0.3 is 0 Å². The second kappa shape index (κ2) is 5.58. The molecular weight excluding hydrogens is 332 g/mol. The fourth-order valence-corrected chi connectivity index (χ4v) is 3.31. The van der Waals surface area contributed by atoms with Gasteiger partial charge in [-0.3, -0.25) is 4.79 Å². The number of hydrogen-bond donors (Lipinski definition) is 1. The highest BCUT2D eigenvalue weighted by Gasteiger charge is 2.47. The van der Waals surface area contributed by atoms with Crippen LogP contribution in [0.25, 0.3) is 0 Å². The van der Waals surface area contributed by atoms with E-state index in [0.717, 1.165) is 5.56 Å². The van der Waals surface area contributed by atoms with E-state index in [-0.39, 0.29) is 18.7 Å². The zero-order valence-corrected chi connectivity index (χ0v) is 13.6. The molecule has 2 atom stereocenters. The lowest BCUT2D eigenvalue weighted by Gasteiger charge is -2.45. The molecule has 1 amide bonds. The lowest BCUT2D eigenvalue weighted by atomic mass is 9.88. The standard InChI is InChI=1S/C17H15ClN2O4/c1-22-12-5-3-10(7-11(12)18)20-16(15(19)17(20)21)9-2-4-13-14(6-9)24-8-23-13/h2-7,15-16H,8,19H2,1H3/t15-,16-/m1/s1. The quantitative estimate of drug-likeness (QED) is 0.864. The van der Waals surface area contributed by atoms with Crippen molar-refractivity contribution in [2.24, 2.45) is 5.73 Å². The summed E-state index contributed by atoms with van der Waals surface area (Å²) >= 11 is 6.18. The van der Waals surface area contributed by atoms with Gasteiger partial charge in [0.2, 0.25) is 12.7 Å². The molecule has 4 rings (SSSR count). The van der Waals surface area contributed by atoms with Crippen LogP contribution in [0.1, 0.15) is 11.6 Å². The average molecular weight is 347 g/mol. The molecule has 1 fully saturated rings. The van der Waals surface area contributed by atoms with Crippen LogP contribution in [0.4, 0.5) is 5.69 Å². The lowest BCUT2D eigenvalue weighted by molar-refractivity contribution is -0.126. The molecule has 0 aliphatic carbocycles. The van der Waals surface area contributed by atoms with Crippen LogP contribution < -0.4 is 24.8 Å². The predicted molar refractivity (Wildman–Crippen MR) is 88.8 cm³/mol. The van der Waals surface area contributed by atoms with E-state index in [1.165, 1.54) is 0 Å².